The molecule has 3 aromatic heterocycles. The third-order valence-corrected chi connectivity index (χ3v) is 7.32. The van der Waals surface area contributed by atoms with Crippen LogP contribution in [0.2, 0.25) is 0 Å². The first kappa shape index (κ1) is 19.2. The lowest BCUT2D eigenvalue weighted by Gasteiger charge is -2.38. The number of ether oxygens (including phenoxy) is 1. The maximum Gasteiger partial charge on any atom is 0.234 e. The molecule has 2 fully saturated rings. The highest BCUT2D eigenvalue weighted by Gasteiger charge is 2.46. The average molecular weight is 424 g/mol. The van der Waals surface area contributed by atoms with Crippen LogP contribution in [0.4, 0.5) is 0 Å². The van der Waals surface area contributed by atoms with Crippen LogP contribution >= 0.6 is 11.3 Å². The summed E-state index contributed by atoms with van der Waals surface area (Å²) in [4.78, 5) is 16.8. The highest BCUT2D eigenvalue weighted by Crippen LogP contribution is 2.44. The number of aromatic nitrogens is 4. The smallest absolute Gasteiger partial charge is 0.234 e. The second-order valence-electron chi connectivity index (χ2n) is 8.06. The fourth-order valence-electron chi connectivity index (χ4n) is 4.65. The summed E-state index contributed by atoms with van der Waals surface area (Å²) in [6, 6.07) is 9.71. The van der Waals surface area contributed by atoms with Crippen molar-refractivity contribution in [1.82, 2.24) is 24.9 Å². The van der Waals surface area contributed by atoms with Gasteiger partial charge in [-0.05, 0) is 36.4 Å². The first-order valence-electron chi connectivity index (χ1n) is 10.6. The lowest BCUT2D eigenvalue weighted by atomic mass is 9.82. The average Bonchev–Trinajstić information content (AvgIpc) is 3.57. The number of rotatable bonds is 5. The van der Waals surface area contributed by atoms with Crippen LogP contribution < -0.4 is 4.74 Å². The maximum absolute atomic E-state index is 13.5. The summed E-state index contributed by atoms with van der Waals surface area (Å²) < 4.78 is 7.70. The Labute approximate surface area is 179 Å². The van der Waals surface area contributed by atoms with Crippen LogP contribution in [0.3, 0.4) is 0 Å². The van der Waals surface area contributed by atoms with Crippen LogP contribution in [0.15, 0.2) is 48.1 Å². The van der Waals surface area contributed by atoms with Crippen LogP contribution in [-0.4, -0.2) is 50.0 Å². The lowest BCUT2D eigenvalue weighted by Crippen LogP contribution is -2.49. The molecule has 2 aliphatic rings. The van der Waals surface area contributed by atoms with Gasteiger partial charge in [0.1, 0.15) is 6.10 Å². The quantitative estimate of drug-likeness (QED) is 0.627. The number of carbonyl (C=O) groups is 1. The Kier molecular flexibility index (Phi) is 5.25. The summed E-state index contributed by atoms with van der Waals surface area (Å²) in [6.45, 7) is 1.46. The van der Waals surface area contributed by atoms with E-state index in [0.29, 0.717) is 17.6 Å². The van der Waals surface area contributed by atoms with Crippen molar-refractivity contribution in [3.05, 3.63) is 53.0 Å². The summed E-state index contributed by atoms with van der Waals surface area (Å²) in [5, 5.41) is 14.6. The van der Waals surface area contributed by atoms with Gasteiger partial charge in [0, 0.05) is 49.3 Å². The van der Waals surface area contributed by atoms with Crippen molar-refractivity contribution in [3.63, 3.8) is 0 Å². The summed E-state index contributed by atoms with van der Waals surface area (Å²) in [7, 11) is 0. The lowest BCUT2D eigenvalue weighted by molar-refractivity contribution is -0.139. The molecule has 5 rings (SSSR count). The third kappa shape index (κ3) is 3.60. The number of hydrogen-bond donors (Lipinski definition) is 0. The van der Waals surface area contributed by atoms with Crippen LogP contribution in [-0.2, 0) is 10.2 Å². The maximum atomic E-state index is 13.5. The van der Waals surface area contributed by atoms with Gasteiger partial charge in [0.15, 0.2) is 5.82 Å². The van der Waals surface area contributed by atoms with E-state index in [1.165, 1.54) is 4.88 Å². The van der Waals surface area contributed by atoms with E-state index in [1.807, 2.05) is 24.4 Å². The Morgan fingerprint density at radius 2 is 1.93 bits per heavy atom. The van der Waals surface area contributed by atoms with Gasteiger partial charge < -0.3 is 9.64 Å². The van der Waals surface area contributed by atoms with E-state index in [2.05, 4.69) is 37.7 Å². The number of nitrogens with zero attached hydrogens (tertiary/aromatic N) is 5. The predicted octanol–water partition coefficient (Wildman–Crippen LogP) is 3.61. The van der Waals surface area contributed by atoms with Gasteiger partial charge in [-0.1, -0.05) is 18.9 Å². The van der Waals surface area contributed by atoms with E-state index in [-0.39, 0.29) is 11.5 Å². The van der Waals surface area contributed by atoms with E-state index in [1.54, 1.807) is 22.2 Å². The van der Waals surface area contributed by atoms with Gasteiger partial charge in [0.05, 0.1) is 5.41 Å². The summed E-state index contributed by atoms with van der Waals surface area (Å²) in [6.07, 6.45) is 9.43. The Bertz CT molecular complexity index is 958. The molecule has 1 saturated heterocycles. The van der Waals surface area contributed by atoms with E-state index >= 15 is 0 Å². The molecule has 1 aliphatic carbocycles. The second-order valence-corrected chi connectivity index (χ2v) is 9.00. The van der Waals surface area contributed by atoms with Crippen molar-refractivity contribution in [2.75, 3.05) is 13.1 Å². The predicted molar refractivity (Wildman–Crippen MR) is 114 cm³/mol. The molecule has 0 spiro atoms. The largest absolute Gasteiger partial charge is 0.473 e. The topological polar surface area (TPSA) is 73.1 Å². The summed E-state index contributed by atoms with van der Waals surface area (Å²) >= 11 is 1.72. The molecule has 1 amide bonds. The molecule has 4 heterocycles. The number of hydrogen-bond acceptors (Lipinski definition) is 6. The van der Waals surface area contributed by atoms with E-state index < -0.39 is 0 Å². The molecular formula is C22H25N5O2S. The van der Waals surface area contributed by atoms with Gasteiger partial charge >= 0.3 is 0 Å². The van der Waals surface area contributed by atoms with Crippen LogP contribution in [0.25, 0.3) is 5.82 Å². The van der Waals surface area contributed by atoms with E-state index in [9.17, 15) is 4.79 Å². The van der Waals surface area contributed by atoms with Gasteiger partial charge in [-0.15, -0.1) is 21.5 Å². The van der Waals surface area contributed by atoms with Gasteiger partial charge in [-0.3, -0.25) is 4.79 Å². The second kappa shape index (κ2) is 8.18. The monoisotopic (exact) mass is 423 g/mol. The molecule has 156 valence electrons. The summed E-state index contributed by atoms with van der Waals surface area (Å²) in [5.41, 5.74) is -0.296. The molecule has 1 aliphatic heterocycles. The van der Waals surface area contributed by atoms with Gasteiger partial charge in [-0.25, -0.2) is 4.68 Å². The van der Waals surface area contributed by atoms with Crippen molar-refractivity contribution in [2.24, 2.45) is 0 Å². The minimum absolute atomic E-state index is 0.0557. The van der Waals surface area contributed by atoms with Crippen LogP contribution in [0.5, 0.6) is 5.88 Å². The number of carbonyl (C=O) groups excluding carboxylic acids is 1. The first-order valence-corrected chi connectivity index (χ1v) is 11.5. The third-order valence-electron chi connectivity index (χ3n) is 6.24. The Morgan fingerprint density at radius 3 is 2.57 bits per heavy atom. The number of amides is 1. The zero-order chi connectivity index (χ0) is 20.4. The molecule has 8 heteroatoms. The normalized spacial score (nSPS) is 19.1. The standard InChI is InChI=1S/C22H25N5O2S/c28-21(22(10-1-2-11-22)18-5-3-16-30-18)26-14-8-17(9-15-26)29-20-7-6-19(24-25-20)27-13-4-12-23-27/h3-7,12-13,16-17H,1-2,8-11,14-15H2. The Hall–Kier alpha value is -2.74. The molecule has 30 heavy (non-hydrogen) atoms. The number of piperidine rings is 1. The van der Waals surface area contributed by atoms with Gasteiger partial charge in [0.25, 0.3) is 0 Å². The van der Waals surface area contributed by atoms with Crippen LogP contribution in [0, 0.1) is 0 Å². The molecule has 0 atom stereocenters. The zero-order valence-electron chi connectivity index (χ0n) is 16.8. The number of thiophene rings is 1. The molecule has 0 N–H and O–H groups in total. The molecule has 3 aromatic rings. The molecule has 7 nitrogen and oxygen atoms in total. The minimum atomic E-state index is -0.296. The van der Waals surface area contributed by atoms with Crippen molar-refractivity contribution < 1.29 is 9.53 Å². The molecule has 0 aromatic carbocycles. The van der Waals surface area contributed by atoms with Crippen LogP contribution in [0.1, 0.15) is 43.4 Å². The molecule has 0 bridgehead atoms. The van der Waals surface area contributed by atoms with Crippen molar-refractivity contribution in [2.45, 2.75) is 50.0 Å². The van der Waals surface area contributed by atoms with E-state index in [4.69, 9.17) is 4.74 Å². The van der Waals surface area contributed by atoms with E-state index in [0.717, 1.165) is 51.6 Å². The minimum Gasteiger partial charge on any atom is -0.473 e. The highest BCUT2D eigenvalue weighted by molar-refractivity contribution is 7.10. The zero-order valence-corrected chi connectivity index (χ0v) is 17.6. The molecule has 0 radical (unpaired) electrons. The Balaban J connectivity index is 1.20. The molecular weight excluding hydrogens is 398 g/mol. The molecule has 0 unspecified atom stereocenters. The van der Waals surface area contributed by atoms with Gasteiger partial charge in [0.2, 0.25) is 11.8 Å². The number of likely N-dealkylation sites (tertiary alicyclic amines) is 1. The van der Waals surface area contributed by atoms with Gasteiger partial charge in [-0.2, -0.15) is 5.10 Å². The fourth-order valence-corrected chi connectivity index (χ4v) is 5.63. The molecule has 1 saturated carbocycles. The van der Waals surface area contributed by atoms with Crippen molar-refractivity contribution in [3.8, 4) is 11.7 Å². The Morgan fingerprint density at radius 1 is 1.10 bits per heavy atom. The highest BCUT2D eigenvalue weighted by atomic mass is 32.1. The first-order chi connectivity index (χ1) is 14.7. The summed E-state index contributed by atoms with van der Waals surface area (Å²) in [5.74, 6) is 1.48. The fraction of sp³-hybridized carbons (Fsp3) is 0.455. The van der Waals surface area contributed by atoms with Crippen molar-refractivity contribution in [1.29, 1.82) is 0 Å². The SMILES string of the molecule is O=C(N1CCC(Oc2ccc(-n3cccn3)nn2)CC1)C1(c2cccs2)CCCC1. The van der Waals surface area contributed by atoms with Crippen molar-refractivity contribution >= 4 is 17.2 Å².